The zero-order valence-corrected chi connectivity index (χ0v) is 26.6. The summed E-state index contributed by atoms with van der Waals surface area (Å²) >= 11 is 0. The van der Waals surface area contributed by atoms with E-state index in [1.165, 1.54) is 98.4 Å². The molecule has 0 spiro atoms. The van der Waals surface area contributed by atoms with Crippen LogP contribution < -0.4 is 0 Å². The van der Waals surface area contributed by atoms with E-state index in [9.17, 15) is 0 Å². The normalized spacial score (nSPS) is 12.8. The molecule has 0 nitrogen and oxygen atoms in total. The van der Waals surface area contributed by atoms with Gasteiger partial charge in [0.25, 0.3) is 0 Å². The first-order chi connectivity index (χ1) is 23.8. The Labute approximate surface area is 280 Å². The summed E-state index contributed by atoms with van der Waals surface area (Å²) in [4.78, 5) is 0. The van der Waals surface area contributed by atoms with Gasteiger partial charge in [-0.25, -0.2) is 0 Å². The summed E-state index contributed by atoms with van der Waals surface area (Å²) in [6, 6.07) is 58.7. The van der Waals surface area contributed by atoms with Crippen molar-refractivity contribution in [2.75, 3.05) is 0 Å². The zero-order valence-electron chi connectivity index (χ0n) is 26.6. The first-order valence-corrected chi connectivity index (χ1v) is 17.0. The standard InChI is InChI=1S/C48H32/c1-3-17-33-31(14-1)16-13-27-40(33)47-41-23-9-11-25-43(41)48(44-26-12-10-24-42(44)47)45-29-28-39(36-20-6-7-21-37(36)45)46-30-32-15-2-4-18-34(32)35-19-5-8-22-38(35)46/h1,3-14,16-30H,2,15H2. The van der Waals surface area contributed by atoms with E-state index in [0.29, 0.717) is 0 Å². The molecule has 0 bridgehead atoms. The third kappa shape index (κ3) is 4.03. The van der Waals surface area contributed by atoms with Crippen molar-refractivity contribution in [1.82, 2.24) is 0 Å². The molecule has 0 N–H and O–H groups in total. The number of hydrogen-bond acceptors (Lipinski definition) is 0. The highest BCUT2D eigenvalue weighted by Gasteiger charge is 2.21. The highest BCUT2D eigenvalue weighted by molar-refractivity contribution is 6.26. The van der Waals surface area contributed by atoms with Crippen LogP contribution in [0.5, 0.6) is 0 Å². The lowest BCUT2D eigenvalue weighted by atomic mass is 9.82. The Kier molecular flexibility index (Phi) is 6.11. The van der Waals surface area contributed by atoms with Crippen molar-refractivity contribution in [3.8, 4) is 33.4 Å². The Hall–Kier alpha value is -5.98. The van der Waals surface area contributed by atoms with E-state index in [0.717, 1.165) is 12.8 Å². The maximum Gasteiger partial charge on any atom is -0.00201 e. The number of fused-ring (bicyclic) bond motifs is 7. The molecule has 9 aromatic carbocycles. The maximum atomic E-state index is 2.46. The highest BCUT2D eigenvalue weighted by atomic mass is 14.2. The van der Waals surface area contributed by atoms with Crippen LogP contribution in [0.15, 0.2) is 164 Å². The van der Waals surface area contributed by atoms with Crippen molar-refractivity contribution >= 4 is 59.9 Å². The molecule has 224 valence electrons. The topological polar surface area (TPSA) is 0 Å². The van der Waals surface area contributed by atoms with E-state index in [-0.39, 0.29) is 0 Å². The van der Waals surface area contributed by atoms with E-state index >= 15 is 0 Å². The van der Waals surface area contributed by atoms with Crippen LogP contribution in [0.4, 0.5) is 0 Å². The predicted octanol–water partition coefficient (Wildman–Crippen LogP) is 13.4. The van der Waals surface area contributed by atoms with Crippen molar-refractivity contribution in [3.63, 3.8) is 0 Å². The molecule has 0 radical (unpaired) electrons. The Morgan fingerprint density at radius 2 is 0.792 bits per heavy atom. The van der Waals surface area contributed by atoms with Crippen LogP contribution in [0.2, 0.25) is 0 Å². The Balaban J connectivity index is 1.29. The van der Waals surface area contributed by atoms with Crippen molar-refractivity contribution in [2.24, 2.45) is 0 Å². The SMILES string of the molecule is C1=Cc2c(cc(-c3ccc(-c4c5ccccc5c(-c5cccc6ccccc56)c5ccccc45)c4ccccc34)c3ccccc23)CC1. The van der Waals surface area contributed by atoms with Crippen LogP contribution in [-0.4, -0.2) is 0 Å². The first-order valence-electron chi connectivity index (χ1n) is 17.0. The number of aryl methyl sites for hydroxylation is 1. The maximum absolute atomic E-state index is 2.46. The predicted molar refractivity (Wildman–Crippen MR) is 208 cm³/mol. The molecule has 0 amide bonds. The molecule has 0 saturated heterocycles. The van der Waals surface area contributed by atoms with Gasteiger partial charge in [0.05, 0.1) is 0 Å². The van der Waals surface area contributed by atoms with Gasteiger partial charge in [0, 0.05) is 0 Å². The van der Waals surface area contributed by atoms with Crippen LogP contribution in [0.25, 0.3) is 93.3 Å². The van der Waals surface area contributed by atoms with Gasteiger partial charge < -0.3 is 0 Å². The Bertz CT molecular complexity index is 2710. The van der Waals surface area contributed by atoms with Gasteiger partial charge in [-0.15, -0.1) is 0 Å². The minimum Gasteiger partial charge on any atom is -0.0836 e. The second-order valence-corrected chi connectivity index (χ2v) is 13.1. The summed E-state index contributed by atoms with van der Waals surface area (Å²) in [6.07, 6.45) is 6.82. The van der Waals surface area contributed by atoms with E-state index < -0.39 is 0 Å². The summed E-state index contributed by atoms with van der Waals surface area (Å²) in [7, 11) is 0. The van der Waals surface area contributed by atoms with Gasteiger partial charge in [0.15, 0.2) is 0 Å². The third-order valence-corrected chi connectivity index (χ3v) is 10.5. The fourth-order valence-electron chi connectivity index (χ4n) is 8.43. The van der Waals surface area contributed by atoms with Crippen LogP contribution >= 0.6 is 0 Å². The molecular weight excluding hydrogens is 577 g/mol. The van der Waals surface area contributed by atoms with Crippen LogP contribution in [0, 0.1) is 0 Å². The number of benzene rings is 9. The second-order valence-electron chi connectivity index (χ2n) is 13.1. The summed E-state index contributed by atoms with van der Waals surface area (Å²) in [5.41, 5.74) is 10.6. The molecule has 0 heterocycles. The smallest absolute Gasteiger partial charge is 0.00201 e. The minimum absolute atomic E-state index is 1.08. The quantitative estimate of drug-likeness (QED) is 0.175. The molecule has 1 aliphatic carbocycles. The molecule has 0 aromatic heterocycles. The third-order valence-electron chi connectivity index (χ3n) is 10.5. The first kappa shape index (κ1) is 27.2. The average Bonchev–Trinajstić information content (AvgIpc) is 3.16. The van der Waals surface area contributed by atoms with Crippen LogP contribution in [0.3, 0.4) is 0 Å². The van der Waals surface area contributed by atoms with E-state index in [1.54, 1.807) is 0 Å². The van der Waals surface area contributed by atoms with Gasteiger partial charge >= 0.3 is 0 Å². The summed E-state index contributed by atoms with van der Waals surface area (Å²) in [6.45, 7) is 0. The Morgan fingerprint density at radius 1 is 0.333 bits per heavy atom. The average molecular weight is 609 g/mol. The number of rotatable bonds is 3. The fraction of sp³-hybridized carbons (Fsp3) is 0.0417. The van der Waals surface area contributed by atoms with Crippen LogP contribution in [-0.2, 0) is 6.42 Å². The Morgan fingerprint density at radius 3 is 1.44 bits per heavy atom. The molecule has 10 rings (SSSR count). The van der Waals surface area contributed by atoms with Gasteiger partial charge in [-0.3, -0.25) is 0 Å². The molecule has 48 heavy (non-hydrogen) atoms. The molecular formula is C48H32. The van der Waals surface area contributed by atoms with Gasteiger partial charge in [-0.1, -0.05) is 164 Å². The van der Waals surface area contributed by atoms with Gasteiger partial charge in [0.2, 0.25) is 0 Å². The summed E-state index contributed by atoms with van der Waals surface area (Å²) in [5.74, 6) is 0. The monoisotopic (exact) mass is 608 g/mol. The lowest BCUT2D eigenvalue weighted by Gasteiger charge is -2.21. The van der Waals surface area contributed by atoms with Crippen LogP contribution in [0.1, 0.15) is 17.5 Å². The number of allylic oxidation sites excluding steroid dienone is 1. The van der Waals surface area contributed by atoms with Gasteiger partial charge in [-0.2, -0.15) is 0 Å². The van der Waals surface area contributed by atoms with Crippen molar-refractivity contribution < 1.29 is 0 Å². The van der Waals surface area contributed by atoms with Gasteiger partial charge in [0.1, 0.15) is 0 Å². The molecule has 0 unspecified atom stereocenters. The summed E-state index contributed by atoms with van der Waals surface area (Å²) in [5, 5.41) is 12.9. The van der Waals surface area contributed by atoms with Crippen molar-refractivity contribution in [1.29, 1.82) is 0 Å². The highest BCUT2D eigenvalue weighted by Crippen LogP contribution is 2.48. The van der Waals surface area contributed by atoms with E-state index in [2.05, 4.69) is 170 Å². The summed E-state index contributed by atoms with van der Waals surface area (Å²) < 4.78 is 0. The largest absolute Gasteiger partial charge is 0.0836 e. The van der Waals surface area contributed by atoms with Gasteiger partial charge in [-0.05, 0) is 117 Å². The molecule has 0 fully saturated rings. The lowest BCUT2D eigenvalue weighted by molar-refractivity contribution is 0.990. The molecule has 0 aliphatic heterocycles. The second kappa shape index (κ2) is 10.8. The van der Waals surface area contributed by atoms with Crippen molar-refractivity contribution in [3.05, 3.63) is 175 Å². The molecule has 0 atom stereocenters. The molecule has 0 heteroatoms. The van der Waals surface area contributed by atoms with E-state index in [4.69, 9.17) is 0 Å². The lowest BCUT2D eigenvalue weighted by Crippen LogP contribution is -1.98. The van der Waals surface area contributed by atoms with E-state index in [1.807, 2.05) is 0 Å². The zero-order chi connectivity index (χ0) is 31.6. The molecule has 0 saturated carbocycles. The van der Waals surface area contributed by atoms with Crippen molar-refractivity contribution in [2.45, 2.75) is 12.8 Å². The molecule has 1 aliphatic rings. The fourth-order valence-corrected chi connectivity index (χ4v) is 8.43. The number of hydrogen-bond donors (Lipinski definition) is 0. The molecule has 9 aromatic rings. The minimum atomic E-state index is 1.08.